The summed E-state index contributed by atoms with van der Waals surface area (Å²) in [5.74, 6) is -1.83. The second-order valence-corrected chi connectivity index (χ2v) is 6.10. The maximum Gasteiger partial charge on any atom is 0.303 e. The van der Waals surface area contributed by atoms with E-state index in [1.54, 1.807) is 6.92 Å². The molecular weight excluding hydrogens is 340 g/mol. The van der Waals surface area contributed by atoms with E-state index in [1.807, 2.05) is 0 Å². The zero-order valence-corrected chi connectivity index (χ0v) is 15.1. The van der Waals surface area contributed by atoms with Gasteiger partial charge in [-0.1, -0.05) is 12.2 Å². The van der Waals surface area contributed by atoms with Crippen molar-refractivity contribution in [1.29, 1.82) is 0 Å². The lowest BCUT2D eigenvalue weighted by Gasteiger charge is -2.44. The highest BCUT2D eigenvalue weighted by Gasteiger charge is 2.51. The summed E-state index contributed by atoms with van der Waals surface area (Å²) in [4.78, 5) is 35.0. The van der Waals surface area contributed by atoms with Crippen LogP contribution in [0.15, 0.2) is 0 Å². The lowest BCUT2D eigenvalue weighted by molar-refractivity contribution is -0.296. The van der Waals surface area contributed by atoms with Crippen LogP contribution < -0.4 is 0 Å². The molecule has 0 unspecified atom stereocenters. The Hall–Kier alpha value is -1.58. The zero-order valence-electron chi connectivity index (χ0n) is 14.3. The number of methoxy groups -OCH3 is 1. The van der Waals surface area contributed by atoms with Gasteiger partial charge in [0, 0.05) is 34.3 Å². The molecule has 1 heterocycles. The number of thiocarbonyl (C=S) groups is 1. The van der Waals surface area contributed by atoms with Gasteiger partial charge in [0.05, 0.1) is 0 Å². The maximum absolute atomic E-state index is 11.5. The highest BCUT2D eigenvalue weighted by Crippen LogP contribution is 2.30. The second kappa shape index (κ2) is 9.05. The topological polar surface area (TPSA) is 97.4 Å². The van der Waals surface area contributed by atoms with Crippen LogP contribution in [-0.2, 0) is 38.1 Å². The standard InChI is InChI=1S/C15H22O8S/c1-7(24)6-11-12(20-8(2)16)13(21-9(3)17)14(22-10(4)18)15(19-5)23-11/h11-15H,6H2,1-5H3/t11-,12+,13+,14-,15+/m1/s1. The van der Waals surface area contributed by atoms with Crippen LogP contribution in [0.2, 0.25) is 0 Å². The Morgan fingerprint density at radius 2 is 1.33 bits per heavy atom. The molecule has 1 fully saturated rings. The van der Waals surface area contributed by atoms with Crippen LogP contribution in [-0.4, -0.2) is 60.6 Å². The molecule has 0 aliphatic carbocycles. The van der Waals surface area contributed by atoms with Crippen molar-refractivity contribution in [3.05, 3.63) is 0 Å². The molecule has 9 heteroatoms. The van der Waals surface area contributed by atoms with Crippen molar-refractivity contribution in [2.24, 2.45) is 0 Å². The third kappa shape index (κ3) is 5.81. The summed E-state index contributed by atoms with van der Waals surface area (Å²) in [6.45, 7) is 5.33. The van der Waals surface area contributed by atoms with E-state index in [1.165, 1.54) is 27.9 Å². The van der Waals surface area contributed by atoms with Crippen LogP contribution in [0, 0.1) is 0 Å². The lowest BCUT2D eigenvalue weighted by atomic mass is 9.95. The number of ether oxygens (including phenoxy) is 5. The molecule has 0 bridgehead atoms. The summed E-state index contributed by atoms with van der Waals surface area (Å²) in [5.41, 5.74) is 0. The molecule has 1 aliphatic rings. The molecule has 5 atom stereocenters. The normalized spacial score (nSPS) is 29.5. The van der Waals surface area contributed by atoms with Gasteiger partial charge in [0.25, 0.3) is 0 Å². The van der Waals surface area contributed by atoms with E-state index in [-0.39, 0.29) is 6.42 Å². The fourth-order valence-electron chi connectivity index (χ4n) is 2.49. The Kier molecular flexibility index (Phi) is 7.71. The first-order chi connectivity index (χ1) is 11.1. The van der Waals surface area contributed by atoms with Gasteiger partial charge in [0.15, 0.2) is 24.6 Å². The molecule has 0 radical (unpaired) electrons. The van der Waals surface area contributed by atoms with Gasteiger partial charge in [-0.15, -0.1) is 0 Å². The van der Waals surface area contributed by atoms with Crippen LogP contribution in [0.5, 0.6) is 0 Å². The molecule has 8 nitrogen and oxygen atoms in total. The molecule has 0 spiro atoms. The third-order valence-electron chi connectivity index (χ3n) is 3.22. The van der Waals surface area contributed by atoms with Crippen molar-refractivity contribution in [2.45, 2.75) is 64.8 Å². The monoisotopic (exact) mass is 362 g/mol. The number of carbonyl (C=O) groups is 3. The van der Waals surface area contributed by atoms with Gasteiger partial charge in [-0.3, -0.25) is 14.4 Å². The van der Waals surface area contributed by atoms with E-state index in [0.29, 0.717) is 4.86 Å². The summed E-state index contributed by atoms with van der Waals surface area (Å²) >= 11 is 5.09. The first kappa shape index (κ1) is 20.5. The summed E-state index contributed by atoms with van der Waals surface area (Å²) in [5, 5.41) is 0. The third-order valence-corrected chi connectivity index (χ3v) is 3.38. The first-order valence-electron chi connectivity index (χ1n) is 7.35. The molecule has 0 amide bonds. The Balaban J connectivity index is 3.23. The van der Waals surface area contributed by atoms with E-state index in [0.717, 1.165) is 0 Å². The Morgan fingerprint density at radius 1 is 0.875 bits per heavy atom. The number of rotatable bonds is 6. The smallest absolute Gasteiger partial charge is 0.303 e. The molecule has 0 saturated carbocycles. The average Bonchev–Trinajstić information content (AvgIpc) is 2.42. The van der Waals surface area contributed by atoms with Gasteiger partial charge in [0.2, 0.25) is 0 Å². The van der Waals surface area contributed by atoms with E-state index >= 15 is 0 Å². The second-order valence-electron chi connectivity index (χ2n) is 5.41. The Labute approximate surface area is 145 Å². The molecular formula is C15H22O8S. The molecule has 1 aliphatic heterocycles. The minimum atomic E-state index is -1.08. The van der Waals surface area contributed by atoms with E-state index in [4.69, 9.17) is 35.9 Å². The van der Waals surface area contributed by atoms with Crippen molar-refractivity contribution in [3.8, 4) is 0 Å². The van der Waals surface area contributed by atoms with E-state index in [2.05, 4.69) is 0 Å². The van der Waals surface area contributed by atoms with Crippen LogP contribution in [0.1, 0.15) is 34.1 Å². The number of carbonyl (C=O) groups excluding carboxylic acids is 3. The number of hydrogen-bond acceptors (Lipinski definition) is 9. The number of esters is 3. The van der Waals surface area contributed by atoms with Crippen LogP contribution in [0.3, 0.4) is 0 Å². The Bertz CT molecular complexity index is 506. The van der Waals surface area contributed by atoms with Crippen LogP contribution >= 0.6 is 12.2 Å². The van der Waals surface area contributed by atoms with E-state index in [9.17, 15) is 14.4 Å². The average molecular weight is 362 g/mol. The molecule has 136 valence electrons. The summed E-state index contributed by atoms with van der Waals surface area (Å²) in [7, 11) is 1.36. The Morgan fingerprint density at radius 3 is 1.75 bits per heavy atom. The quantitative estimate of drug-likeness (QED) is 0.388. The largest absolute Gasteiger partial charge is 0.456 e. The molecule has 1 saturated heterocycles. The number of hydrogen-bond donors (Lipinski definition) is 0. The molecule has 0 aromatic rings. The molecule has 24 heavy (non-hydrogen) atoms. The van der Waals surface area contributed by atoms with Crippen LogP contribution in [0.25, 0.3) is 0 Å². The van der Waals surface area contributed by atoms with Gasteiger partial charge in [-0.05, 0) is 11.8 Å². The SMILES string of the molecule is CO[C@H]1O[C@H](CC(C)=S)[C@H](OC(C)=O)[C@H](OC(C)=O)[C@H]1OC(C)=O. The van der Waals surface area contributed by atoms with Gasteiger partial charge < -0.3 is 23.7 Å². The minimum Gasteiger partial charge on any atom is -0.456 e. The summed E-state index contributed by atoms with van der Waals surface area (Å²) in [6.07, 6.45) is -4.56. The fourth-order valence-corrected chi connectivity index (χ4v) is 2.66. The molecule has 1 rings (SSSR count). The predicted octanol–water partition coefficient (Wildman–Crippen LogP) is 0.933. The van der Waals surface area contributed by atoms with Gasteiger partial charge in [-0.2, -0.15) is 0 Å². The molecule has 0 aromatic carbocycles. The fraction of sp³-hybridized carbons (Fsp3) is 0.733. The van der Waals surface area contributed by atoms with Crippen LogP contribution in [0.4, 0.5) is 0 Å². The summed E-state index contributed by atoms with van der Waals surface area (Å²) in [6, 6.07) is 0. The highest BCUT2D eigenvalue weighted by molar-refractivity contribution is 7.80. The minimum absolute atomic E-state index is 0.275. The predicted molar refractivity (Wildman–Crippen MR) is 85.2 cm³/mol. The maximum atomic E-state index is 11.5. The van der Waals surface area contributed by atoms with Crippen molar-refractivity contribution in [1.82, 2.24) is 0 Å². The molecule has 0 N–H and O–H groups in total. The van der Waals surface area contributed by atoms with Gasteiger partial charge in [-0.25, -0.2) is 0 Å². The van der Waals surface area contributed by atoms with Crippen molar-refractivity contribution in [3.63, 3.8) is 0 Å². The summed E-state index contributed by atoms with van der Waals surface area (Å²) < 4.78 is 26.7. The van der Waals surface area contributed by atoms with Gasteiger partial charge in [0.1, 0.15) is 6.10 Å². The molecule has 0 aromatic heterocycles. The van der Waals surface area contributed by atoms with Crippen molar-refractivity contribution >= 4 is 35.0 Å². The van der Waals surface area contributed by atoms with E-state index < -0.39 is 48.6 Å². The first-order valence-corrected chi connectivity index (χ1v) is 7.75. The zero-order chi connectivity index (χ0) is 18.4. The lowest BCUT2D eigenvalue weighted by Crippen LogP contribution is -2.61. The van der Waals surface area contributed by atoms with Crippen molar-refractivity contribution in [2.75, 3.05) is 7.11 Å². The highest BCUT2D eigenvalue weighted by atomic mass is 32.1. The van der Waals surface area contributed by atoms with Gasteiger partial charge >= 0.3 is 17.9 Å². The van der Waals surface area contributed by atoms with Crippen molar-refractivity contribution < 1.29 is 38.1 Å².